The van der Waals surface area contributed by atoms with Crippen molar-refractivity contribution in [3.63, 3.8) is 0 Å². The lowest BCUT2D eigenvalue weighted by Crippen LogP contribution is -2.31. The van der Waals surface area contributed by atoms with E-state index in [-0.39, 0.29) is 5.41 Å². The minimum absolute atomic E-state index is 0.207. The van der Waals surface area contributed by atoms with E-state index in [4.69, 9.17) is 5.73 Å². The molecular weight excluding hydrogens is 424 g/mol. The van der Waals surface area contributed by atoms with Crippen LogP contribution < -0.4 is 10.6 Å². The summed E-state index contributed by atoms with van der Waals surface area (Å²) in [5.41, 5.74) is 17.2. The number of nitrogens with zero attached hydrogens (tertiary/aromatic N) is 1. The van der Waals surface area contributed by atoms with Crippen molar-refractivity contribution in [2.75, 3.05) is 11.4 Å². The molecule has 0 bridgehead atoms. The maximum atomic E-state index is 6.40. The second-order valence-electron chi connectivity index (χ2n) is 9.40. The van der Waals surface area contributed by atoms with E-state index in [1.165, 1.54) is 33.4 Å². The van der Waals surface area contributed by atoms with Crippen LogP contribution in [0.2, 0.25) is 0 Å². The van der Waals surface area contributed by atoms with Gasteiger partial charge in [-0.25, -0.2) is 0 Å². The molecule has 0 saturated heterocycles. The number of benzene rings is 5. The fraction of sp³-hybridized carbons (Fsp3) is 0.0909. The van der Waals surface area contributed by atoms with Gasteiger partial charge in [-0.2, -0.15) is 0 Å². The van der Waals surface area contributed by atoms with Gasteiger partial charge in [0.2, 0.25) is 0 Å². The van der Waals surface area contributed by atoms with Crippen LogP contribution in [-0.2, 0) is 5.41 Å². The first-order valence-electron chi connectivity index (χ1n) is 12.1. The van der Waals surface area contributed by atoms with E-state index >= 15 is 0 Å². The van der Waals surface area contributed by atoms with Gasteiger partial charge in [0.15, 0.2) is 0 Å². The summed E-state index contributed by atoms with van der Waals surface area (Å²) >= 11 is 0. The van der Waals surface area contributed by atoms with Crippen LogP contribution in [0.3, 0.4) is 0 Å². The van der Waals surface area contributed by atoms with Gasteiger partial charge in [0.1, 0.15) is 0 Å². The Labute approximate surface area is 207 Å². The van der Waals surface area contributed by atoms with Crippen molar-refractivity contribution >= 4 is 17.1 Å². The van der Waals surface area contributed by atoms with Crippen LogP contribution in [0.25, 0.3) is 22.3 Å². The standard InChI is InChI=1S/C33H28N2/c1-33(23-34)31-15-9-8-14-29(31)30-21-20-28(22-32(30)33)35(26-12-6-3-7-13-26)27-18-16-25(17-19-27)24-10-4-2-5-11-24/h2-22H,23,34H2,1H3. The van der Waals surface area contributed by atoms with Gasteiger partial charge >= 0.3 is 0 Å². The summed E-state index contributed by atoms with van der Waals surface area (Å²) < 4.78 is 0. The lowest BCUT2D eigenvalue weighted by molar-refractivity contribution is 0.600. The third-order valence-corrected chi connectivity index (χ3v) is 7.32. The second-order valence-corrected chi connectivity index (χ2v) is 9.40. The van der Waals surface area contributed by atoms with Crippen molar-refractivity contribution in [1.29, 1.82) is 0 Å². The molecule has 35 heavy (non-hydrogen) atoms. The van der Waals surface area contributed by atoms with Gasteiger partial charge in [-0.1, -0.05) is 97.9 Å². The first kappa shape index (κ1) is 21.4. The lowest BCUT2D eigenvalue weighted by Gasteiger charge is -2.29. The van der Waals surface area contributed by atoms with Crippen molar-refractivity contribution in [1.82, 2.24) is 0 Å². The summed E-state index contributed by atoms with van der Waals surface area (Å²) in [7, 11) is 0. The van der Waals surface area contributed by atoms with Crippen molar-refractivity contribution in [3.05, 3.63) is 139 Å². The van der Waals surface area contributed by atoms with Gasteiger partial charge in [0.25, 0.3) is 0 Å². The van der Waals surface area contributed by atoms with Gasteiger partial charge in [0.05, 0.1) is 0 Å². The van der Waals surface area contributed by atoms with Gasteiger partial charge in [-0.15, -0.1) is 0 Å². The zero-order valence-corrected chi connectivity index (χ0v) is 19.9. The first-order valence-corrected chi connectivity index (χ1v) is 12.1. The van der Waals surface area contributed by atoms with Crippen LogP contribution >= 0.6 is 0 Å². The Kier molecular flexibility index (Phi) is 5.24. The molecule has 1 unspecified atom stereocenters. The smallest absolute Gasteiger partial charge is 0.0465 e. The molecule has 1 aliphatic rings. The molecule has 0 radical (unpaired) electrons. The number of rotatable bonds is 5. The average molecular weight is 453 g/mol. The Morgan fingerprint density at radius 1 is 0.543 bits per heavy atom. The number of para-hydroxylation sites is 1. The van der Waals surface area contributed by atoms with E-state index in [1.807, 2.05) is 0 Å². The second kappa shape index (κ2) is 8.57. The third kappa shape index (κ3) is 3.54. The Balaban J connectivity index is 1.48. The first-order chi connectivity index (χ1) is 17.2. The average Bonchev–Trinajstić information content (AvgIpc) is 3.19. The Morgan fingerprint density at radius 2 is 1.09 bits per heavy atom. The summed E-state index contributed by atoms with van der Waals surface area (Å²) in [4.78, 5) is 2.33. The van der Waals surface area contributed by atoms with Gasteiger partial charge in [-0.05, 0) is 69.8 Å². The maximum absolute atomic E-state index is 6.40. The van der Waals surface area contributed by atoms with E-state index in [0.29, 0.717) is 6.54 Å². The molecular formula is C33H28N2. The van der Waals surface area contributed by atoms with Crippen LogP contribution in [-0.4, -0.2) is 6.54 Å². The normalized spacial score (nSPS) is 15.9. The van der Waals surface area contributed by atoms with Gasteiger partial charge < -0.3 is 10.6 Å². The van der Waals surface area contributed by atoms with E-state index in [9.17, 15) is 0 Å². The van der Waals surface area contributed by atoms with Crippen molar-refractivity contribution in [2.24, 2.45) is 5.73 Å². The molecule has 0 aromatic heterocycles. The lowest BCUT2D eigenvalue weighted by atomic mass is 9.80. The van der Waals surface area contributed by atoms with E-state index in [1.54, 1.807) is 0 Å². The van der Waals surface area contributed by atoms with Crippen molar-refractivity contribution in [3.8, 4) is 22.3 Å². The fourth-order valence-corrected chi connectivity index (χ4v) is 5.38. The highest BCUT2D eigenvalue weighted by atomic mass is 15.1. The minimum atomic E-state index is -0.207. The predicted molar refractivity (Wildman–Crippen MR) is 148 cm³/mol. The molecule has 6 rings (SSSR count). The van der Waals surface area contributed by atoms with Crippen LogP contribution in [0.4, 0.5) is 17.1 Å². The zero-order chi connectivity index (χ0) is 23.8. The number of fused-ring (bicyclic) bond motifs is 3. The number of nitrogens with two attached hydrogens (primary N) is 1. The fourth-order valence-electron chi connectivity index (χ4n) is 5.38. The largest absolute Gasteiger partial charge is 0.329 e. The maximum Gasteiger partial charge on any atom is 0.0465 e. The van der Waals surface area contributed by atoms with Crippen molar-refractivity contribution < 1.29 is 0 Å². The van der Waals surface area contributed by atoms with E-state index in [2.05, 4.69) is 139 Å². The molecule has 0 aliphatic heterocycles. The number of anilines is 3. The molecule has 0 fully saturated rings. The summed E-state index contributed by atoms with van der Waals surface area (Å²) in [6, 6.07) is 45.4. The van der Waals surface area contributed by atoms with Gasteiger partial charge in [0, 0.05) is 29.0 Å². The summed E-state index contributed by atoms with van der Waals surface area (Å²) in [5.74, 6) is 0. The SMILES string of the molecule is CC1(CN)c2ccccc2-c2ccc(N(c3ccccc3)c3ccc(-c4ccccc4)cc3)cc21. The van der Waals surface area contributed by atoms with E-state index < -0.39 is 0 Å². The summed E-state index contributed by atoms with van der Waals surface area (Å²) in [6.07, 6.45) is 0. The minimum Gasteiger partial charge on any atom is -0.329 e. The van der Waals surface area contributed by atoms with Crippen molar-refractivity contribution in [2.45, 2.75) is 12.3 Å². The third-order valence-electron chi connectivity index (χ3n) is 7.32. The molecule has 0 saturated carbocycles. The molecule has 1 atom stereocenters. The predicted octanol–water partition coefficient (Wildman–Crippen LogP) is 8.07. The highest BCUT2D eigenvalue weighted by Crippen LogP contribution is 2.50. The highest BCUT2D eigenvalue weighted by Gasteiger charge is 2.38. The summed E-state index contributed by atoms with van der Waals surface area (Å²) in [5, 5.41) is 0. The quantitative estimate of drug-likeness (QED) is 0.292. The Morgan fingerprint density at radius 3 is 1.80 bits per heavy atom. The monoisotopic (exact) mass is 452 g/mol. The topological polar surface area (TPSA) is 29.3 Å². The zero-order valence-electron chi connectivity index (χ0n) is 19.9. The van der Waals surface area contributed by atoms with Gasteiger partial charge in [-0.3, -0.25) is 0 Å². The molecule has 0 heterocycles. The number of hydrogen-bond acceptors (Lipinski definition) is 2. The molecule has 0 amide bonds. The van der Waals surface area contributed by atoms with Crippen LogP contribution in [0, 0.1) is 0 Å². The molecule has 2 heteroatoms. The molecule has 5 aromatic carbocycles. The summed E-state index contributed by atoms with van der Waals surface area (Å²) in [6.45, 7) is 2.83. The van der Waals surface area contributed by atoms with Crippen LogP contribution in [0.1, 0.15) is 18.1 Å². The molecule has 170 valence electrons. The number of hydrogen-bond donors (Lipinski definition) is 1. The van der Waals surface area contributed by atoms with Crippen LogP contribution in [0.5, 0.6) is 0 Å². The highest BCUT2D eigenvalue weighted by molar-refractivity contribution is 5.86. The molecule has 0 spiro atoms. The molecule has 2 N–H and O–H groups in total. The van der Waals surface area contributed by atoms with Crippen LogP contribution in [0.15, 0.2) is 127 Å². The molecule has 5 aromatic rings. The molecule has 2 nitrogen and oxygen atoms in total. The molecule has 1 aliphatic carbocycles. The Hall–Kier alpha value is -4.14. The Bertz CT molecular complexity index is 1470. The van der Waals surface area contributed by atoms with E-state index in [0.717, 1.165) is 17.1 Å².